The summed E-state index contributed by atoms with van der Waals surface area (Å²) in [6, 6.07) is 10.4. The van der Waals surface area contributed by atoms with Crippen LogP contribution in [0.1, 0.15) is 22.9 Å². The number of methoxy groups -OCH3 is 1. The lowest BCUT2D eigenvalue weighted by Gasteiger charge is -2.16. The Balaban J connectivity index is 1.29. The van der Waals surface area contributed by atoms with Gasteiger partial charge in [-0.15, -0.1) is 0 Å². The minimum atomic E-state index is -0.370. The van der Waals surface area contributed by atoms with Crippen molar-refractivity contribution in [2.45, 2.75) is 19.8 Å². The largest absolute Gasteiger partial charge is 0.507 e. The fourth-order valence-electron chi connectivity index (χ4n) is 4.38. The molecule has 3 heterocycles. The van der Waals surface area contributed by atoms with Crippen molar-refractivity contribution in [3.8, 4) is 34.1 Å². The zero-order valence-electron chi connectivity index (χ0n) is 20.4. The molecule has 188 valence electrons. The lowest BCUT2D eigenvalue weighted by atomic mass is 9.95. The zero-order chi connectivity index (χ0) is 25.9. The maximum absolute atomic E-state index is 12.8. The number of aryl methyl sites for hydroxylation is 1. The highest BCUT2D eigenvalue weighted by atomic mass is 16.5. The average molecular weight is 499 g/mol. The first-order valence-corrected chi connectivity index (χ1v) is 11.9. The Morgan fingerprint density at radius 3 is 2.86 bits per heavy atom. The molecule has 0 spiro atoms. The lowest BCUT2D eigenvalue weighted by Crippen LogP contribution is -2.33. The fraction of sp³-hybridized carbons (Fsp3) is 0.222. The van der Waals surface area contributed by atoms with Crippen LogP contribution in [-0.4, -0.2) is 49.6 Å². The molecule has 1 aromatic carbocycles. The number of ether oxygens (including phenoxy) is 1. The molecule has 0 aliphatic heterocycles. The van der Waals surface area contributed by atoms with Gasteiger partial charge in [-0.1, -0.05) is 12.1 Å². The van der Waals surface area contributed by atoms with Crippen molar-refractivity contribution < 1.29 is 14.6 Å². The first-order chi connectivity index (χ1) is 17.9. The van der Waals surface area contributed by atoms with Crippen LogP contribution in [0, 0.1) is 12.8 Å². The normalized spacial score (nSPS) is 14.3. The van der Waals surface area contributed by atoms with Gasteiger partial charge in [-0.25, -0.2) is 15.0 Å². The smallest absolute Gasteiger partial charge is 0.251 e. The van der Waals surface area contributed by atoms with E-state index in [9.17, 15) is 14.7 Å². The third-order valence-electron chi connectivity index (χ3n) is 6.16. The number of fused-ring (bicyclic) bond motifs is 1. The number of aromatic nitrogens is 5. The van der Waals surface area contributed by atoms with Gasteiger partial charge in [-0.05, 0) is 42.8 Å². The van der Waals surface area contributed by atoms with E-state index in [1.807, 2.05) is 30.4 Å². The second kappa shape index (κ2) is 10.1. The standard InChI is InChI=1S/C27H26N6O4/c1-15-12-24(35)33-23(30-15)9-11-28-26(36)17-5-7-20-21(14-17)32-25(31-20)19-13-16(6-8-22(19)34)18-4-3-10-29-27(18)37-2/h3-8,10,12-13,17,34H,9,11,14H2,1-2H3,(H,28,36)(H,31,32)(H,30,33,35). The van der Waals surface area contributed by atoms with Crippen molar-refractivity contribution in [1.82, 2.24) is 30.2 Å². The number of benzene rings is 1. The molecule has 0 saturated heterocycles. The Morgan fingerprint density at radius 2 is 2.05 bits per heavy atom. The van der Waals surface area contributed by atoms with Crippen LogP contribution in [0.5, 0.6) is 11.6 Å². The number of carbonyl (C=O) groups is 1. The van der Waals surface area contributed by atoms with Gasteiger partial charge in [0.15, 0.2) is 0 Å². The van der Waals surface area contributed by atoms with E-state index in [1.54, 1.807) is 32.4 Å². The number of hydrogen-bond acceptors (Lipinski definition) is 7. The van der Waals surface area contributed by atoms with Crippen LogP contribution in [0.25, 0.3) is 28.6 Å². The first-order valence-electron chi connectivity index (χ1n) is 11.9. The summed E-state index contributed by atoms with van der Waals surface area (Å²) in [6.07, 6.45) is 6.17. The number of hydrogen-bond donors (Lipinski definition) is 4. The van der Waals surface area contributed by atoms with E-state index in [1.165, 1.54) is 6.07 Å². The SMILES string of the molecule is COc1ncccc1-c1ccc(O)c(-c2nc3c([nH]2)CC(C(=O)NCCc2nc(C)cc(=O)[nH]2)C=C3)c1. The van der Waals surface area contributed by atoms with Crippen molar-refractivity contribution in [3.05, 3.63) is 81.9 Å². The number of carbonyl (C=O) groups excluding carboxylic acids is 1. The second-order valence-corrected chi connectivity index (χ2v) is 8.79. The monoisotopic (exact) mass is 498 g/mol. The van der Waals surface area contributed by atoms with Crippen molar-refractivity contribution in [2.75, 3.05) is 13.7 Å². The van der Waals surface area contributed by atoms with E-state index in [0.717, 1.165) is 22.5 Å². The first kappa shape index (κ1) is 24.0. The molecule has 3 aromatic heterocycles. The van der Waals surface area contributed by atoms with Crippen molar-refractivity contribution in [1.29, 1.82) is 0 Å². The van der Waals surface area contributed by atoms with Gasteiger partial charge in [0.25, 0.3) is 5.56 Å². The van der Waals surface area contributed by atoms with Crippen LogP contribution in [0.3, 0.4) is 0 Å². The molecule has 1 aliphatic carbocycles. The maximum atomic E-state index is 12.8. The van der Waals surface area contributed by atoms with Crippen LogP contribution >= 0.6 is 0 Å². The fourth-order valence-corrected chi connectivity index (χ4v) is 4.38. The summed E-state index contributed by atoms with van der Waals surface area (Å²) >= 11 is 0. The third kappa shape index (κ3) is 5.13. The number of nitrogens with zero attached hydrogens (tertiary/aromatic N) is 3. The highest BCUT2D eigenvalue weighted by Crippen LogP contribution is 2.36. The van der Waals surface area contributed by atoms with Crippen molar-refractivity contribution in [3.63, 3.8) is 0 Å². The Hall–Kier alpha value is -4.73. The number of aromatic amines is 2. The number of imidazole rings is 1. The Morgan fingerprint density at radius 1 is 1.19 bits per heavy atom. The molecule has 10 heteroatoms. The van der Waals surface area contributed by atoms with E-state index in [4.69, 9.17) is 4.74 Å². The van der Waals surface area contributed by atoms with Gasteiger partial charge in [-0.2, -0.15) is 0 Å². The molecule has 0 fully saturated rings. The van der Waals surface area contributed by atoms with Gasteiger partial charge in [0.1, 0.15) is 17.4 Å². The Kier molecular flexibility index (Phi) is 6.55. The van der Waals surface area contributed by atoms with Gasteiger partial charge >= 0.3 is 0 Å². The Labute approximate surface area is 212 Å². The summed E-state index contributed by atoms with van der Waals surface area (Å²) < 4.78 is 5.38. The molecule has 1 aliphatic rings. The van der Waals surface area contributed by atoms with E-state index < -0.39 is 0 Å². The van der Waals surface area contributed by atoms with Gasteiger partial charge in [-0.3, -0.25) is 9.59 Å². The molecule has 10 nitrogen and oxygen atoms in total. The Bertz CT molecular complexity index is 1550. The topological polar surface area (TPSA) is 146 Å². The summed E-state index contributed by atoms with van der Waals surface area (Å²) in [6.45, 7) is 2.11. The second-order valence-electron chi connectivity index (χ2n) is 8.79. The minimum absolute atomic E-state index is 0.0822. The molecule has 4 aromatic rings. The summed E-state index contributed by atoms with van der Waals surface area (Å²) in [5.74, 6) is 1.12. The third-order valence-corrected chi connectivity index (χ3v) is 6.16. The van der Waals surface area contributed by atoms with Gasteiger partial charge in [0.05, 0.1) is 24.3 Å². The number of aromatic hydroxyl groups is 1. The summed E-state index contributed by atoms with van der Waals surface area (Å²) in [5.41, 5.74) is 4.12. The van der Waals surface area contributed by atoms with Crippen LogP contribution in [-0.2, 0) is 17.6 Å². The maximum Gasteiger partial charge on any atom is 0.251 e. The van der Waals surface area contributed by atoms with E-state index in [0.29, 0.717) is 48.2 Å². The van der Waals surface area contributed by atoms with Crippen LogP contribution < -0.4 is 15.6 Å². The lowest BCUT2D eigenvalue weighted by molar-refractivity contribution is -0.123. The quantitative estimate of drug-likeness (QED) is 0.306. The predicted molar refractivity (Wildman–Crippen MR) is 138 cm³/mol. The van der Waals surface area contributed by atoms with Crippen LogP contribution in [0.4, 0.5) is 0 Å². The van der Waals surface area contributed by atoms with E-state index in [-0.39, 0.29) is 23.1 Å². The number of nitrogens with one attached hydrogen (secondary N) is 3. The number of H-pyrrole nitrogens is 2. The van der Waals surface area contributed by atoms with Gasteiger partial charge in [0.2, 0.25) is 11.8 Å². The molecule has 0 radical (unpaired) electrons. The molecule has 4 N–H and O–H groups in total. The van der Waals surface area contributed by atoms with E-state index in [2.05, 4.69) is 30.2 Å². The molecule has 1 unspecified atom stereocenters. The molecule has 0 bridgehead atoms. The van der Waals surface area contributed by atoms with E-state index >= 15 is 0 Å². The highest BCUT2D eigenvalue weighted by Gasteiger charge is 2.24. The van der Waals surface area contributed by atoms with Crippen molar-refractivity contribution >= 4 is 12.0 Å². The number of pyridine rings is 1. The number of phenols is 1. The number of rotatable bonds is 7. The minimum Gasteiger partial charge on any atom is -0.507 e. The highest BCUT2D eigenvalue weighted by molar-refractivity contribution is 5.83. The van der Waals surface area contributed by atoms with Gasteiger partial charge in [0, 0.05) is 48.6 Å². The summed E-state index contributed by atoms with van der Waals surface area (Å²) in [4.78, 5) is 43.5. The molecule has 37 heavy (non-hydrogen) atoms. The summed E-state index contributed by atoms with van der Waals surface area (Å²) in [5, 5.41) is 13.5. The molecular formula is C27H26N6O4. The molecule has 5 rings (SSSR count). The number of amides is 1. The molecule has 0 saturated carbocycles. The molecule has 1 amide bonds. The summed E-state index contributed by atoms with van der Waals surface area (Å²) in [7, 11) is 1.56. The van der Waals surface area contributed by atoms with Gasteiger partial charge < -0.3 is 25.1 Å². The number of phenolic OH excluding ortho intramolecular Hbond substituents is 1. The molecular weight excluding hydrogens is 472 g/mol. The molecule has 1 atom stereocenters. The zero-order valence-corrected chi connectivity index (χ0v) is 20.4. The van der Waals surface area contributed by atoms with Crippen molar-refractivity contribution in [2.24, 2.45) is 5.92 Å². The average Bonchev–Trinajstić information content (AvgIpc) is 3.31. The van der Waals surface area contributed by atoms with Crippen LogP contribution in [0.15, 0.2) is 53.5 Å². The predicted octanol–water partition coefficient (Wildman–Crippen LogP) is 2.79. The van der Waals surface area contributed by atoms with Crippen LogP contribution in [0.2, 0.25) is 0 Å².